The third kappa shape index (κ3) is 4.26. The van der Waals surface area contributed by atoms with Crippen molar-refractivity contribution in [2.45, 2.75) is 0 Å². The van der Waals surface area contributed by atoms with Gasteiger partial charge in [-0.3, -0.25) is 0 Å². The lowest BCUT2D eigenvalue weighted by molar-refractivity contribution is 1.30. The summed E-state index contributed by atoms with van der Waals surface area (Å²) in [5, 5.41) is 6.18. The molecule has 10 rings (SSSR count). The highest BCUT2D eigenvalue weighted by Gasteiger charge is 2.28. The second kappa shape index (κ2) is 10.5. The highest BCUT2D eigenvalue weighted by molar-refractivity contribution is 7.25. The van der Waals surface area contributed by atoms with Gasteiger partial charge in [-0.05, 0) is 70.4 Å². The van der Waals surface area contributed by atoms with Gasteiger partial charge in [-0.15, -0.1) is 22.7 Å². The van der Waals surface area contributed by atoms with Crippen molar-refractivity contribution >= 4 is 70.7 Å². The molecule has 0 amide bonds. The summed E-state index contributed by atoms with van der Waals surface area (Å²) in [4.78, 5) is 8.87. The summed E-state index contributed by atoms with van der Waals surface area (Å²) in [6.45, 7) is 0. The number of rotatable bonds is 5. The summed E-state index contributed by atoms with van der Waals surface area (Å²) < 4.78 is 2.62. The van der Waals surface area contributed by atoms with E-state index in [2.05, 4.69) is 163 Å². The maximum Gasteiger partial charge on any atom is 0.124 e. The molecular weight excluding hydrogens is 609 g/mol. The zero-order valence-corrected chi connectivity index (χ0v) is 26.9. The summed E-state index contributed by atoms with van der Waals surface area (Å²) in [5.74, 6) is 0. The largest absolute Gasteiger partial charge is 0.310 e. The second-order valence-electron chi connectivity index (χ2n) is 12.0. The average molecular weight is 635 g/mol. The number of fused-ring (bicyclic) bond motifs is 6. The predicted octanol–water partition coefficient (Wildman–Crippen LogP) is 13.1. The van der Waals surface area contributed by atoms with Crippen LogP contribution in [0.5, 0.6) is 0 Å². The van der Waals surface area contributed by atoms with Gasteiger partial charge in [0.05, 0.1) is 10.6 Å². The van der Waals surface area contributed by atoms with Crippen molar-refractivity contribution in [2.75, 3.05) is 4.90 Å². The van der Waals surface area contributed by atoms with E-state index in [-0.39, 0.29) is 0 Å². The van der Waals surface area contributed by atoms with Gasteiger partial charge >= 0.3 is 0 Å². The molecule has 2 nitrogen and oxygen atoms in total. The van der Waals surface area contributed by atoms with Gasteiger partial charge in [0.1, 0.15) is 5.01 Å². The van der Waals surface area contributed by atoms with Crippen LogP contribution in [0.3, 0.4) is 0 Å². The first-order valence-corrected chi connectivity index (χ1v) is 17.4. The van der Waals surface area contributed by atoms with Gasteiger partial charge in [-0.2, -0.15) is 0 Å². The van der Waals surface area contributed by atoms with Gasteiger partial charge in [0.15, 0.2) is 0 Å². The van der Waals surface area contributed by atoms with E-state index in [4.69, 9.17) is 4.98 Å². The SMILES string of the molecule is c1ccc(-c2cccc(N(c3cc4c5c(cccc5c3)-c3nc(-c5ccccc5)sc3-4)c3ccc4sc5ccccc5c4c3)c2)cc1. The monoisotopic (exact) mass is 634 g/mol. The molecule has 0 bridgehead atoms. The van der Waals surface area contributed by atoms with Crippen LogP contribution in [0.4, 0.5) is 17.1 Å². The van der Waals surface area contributed by atoms with E-state index in [0.29, 0.717) is 0 Å². The molecule has 4 heteroatoms. The van der Waals surface area contributed by atoms with E-state index in [1.54, 1.807) is 11.3 Å². The van der Waals surface area contributed by atoms with Gasteiger partial charge < -0.3 is 4.90 Å². The number of hydrogen-bond donors (Lipinski definition) is 0. The van der Waals surface area contributed by atoms with Gasteiger partial charge in [0.2, 0.25) is 0 Å². The molecule has 2 heterocycles. The maximum absolute atomic E-state index is 5.20. The van der Waals surface area contributed by atoms with Crippen molar-refractivity contribution in [3.05, 3.63) is 158 Å². The Labute approximate surface area is 280 Å². The molecule has 0 N–H and O–H groups in total. The Morgan fingerprint density at radius 1 is 0.447 bits per heavy atom. The van der Waals surface area contributed by atoms with Gasteiger partial charge in [-0.1, -0.05) is 109 Å². The van der Waals surface area contributed by atoms with Crippen LogP contribution in [0.2, 0.25) is 0 Å². The van der Waals surface area contributed by atoms with Crippen molar-refractivity contribution in [2.24, 2.45) is 0 Å². The Balaban J connectivity index is 1.21. The molecule has 1 aliphatic rings. The fourth-order valence-electron chi connectivity index (χ4n) is 7.06. The van der Waals surface area contributed by atoms with E-state index in [9.17, 15) is 0 Å². The minimum absolute atomic E-state index is 1.06. The van der Waals surface area contributed by atoms with E-state index in [1.165, 1.54) is 58.1 Å². The van der Waals surface area contributed by atoms with Crippen LogP contribution in [-0.2, 0) is 0 Å². The molecule has 1 aliphatic carbocycles. The van der Waals surface area contributed by atoms with Crippen LogP contribution in [0, 0.1) is 0 Å². The van der Waals surface area contributed by atoms with E-state index in [1.807, 2.05) is 11.3 Å². The summed E-state index contributed by atoms with van der Waals surface area (Å²) in [6, 6.07) is 57.1. The second-order valence-corrected chi connectivity index (χ2v) is 14.1. The molecule has 0 saturated heterocycles. The first-order valence-electron chi connectivity index (χ1n) is 15.8. The molecule has 2 aromatic heterocycles. The Morgan fingerprint density at radius 2 is 1.17 bits per heavy atom. The topological polar surface area (TPSA) is 16.1 Å². The molecule has 0 unspecified atom stereocenters. The number of benzene rings is 7. The standard InChI is InChI=1S/C43H26N2S2/c1-3-11-27(12-4-1)29-15-9-17-31(23-29)45(32-21-22-39-36(25-32)34-18-7-8-20-38(34)46-39)33-24-30-16-10-19-35-40(30)37(26-33)42-41(35)44-43(47-42)28-13-5-2-6-14-28/h1-26H. The van der Waals surface area contributed by atoms with Crippen LogP contribution in [0.1, 0.15) is 0 Å². The number of thiophene rings is 1. The van der Waals surface area contributed by atoms with E-state index < -0.39 is 0 Å². The van der Waals surface area contributed by atoms with Crippen molar-refractivity contribution in [3.8, 4) is 43.4 Å². The van der Waals surface area contributed by atoms with E-state index >= 15 is 0 Å². The predicted molar refractivity (Wildman–Crippen MR) is 202 cm³/mol. The maximum atomic E-state index is 5.20. The smallest absolute Gasteiger partial charge is 0.124 e. The fraction of sp³-hybridized carbons (Fsp3) is 0. The number of hydrogen-bond acceptors (Lipinski definition) is 4. The van der Waals surface area contributed by atoms with Crippen LogP contribution < -0.4 is 4.90 Å². The van der Waals surface area contributed by atoms with E-state index in [0.717, 1.165) is 33.3 Å². The van der Waals surface area contributed by atoms with Crippen molar-refractivity contribution in [3.63, 3.8) is 0 Å². The normalized spacial score (nSPS) is 11.8. The first kappa shape index (κ1) is 26.6. The zero-order valence-electron chi connectivity index (χ0n) is 25.2. The lowest BCUT2D eigenvalue weighted by Gasteiger charge is -2.27. The lowest BCUT2D eigenvalue weighted by atomic mass is 10.0. The molecule has 0 fully saturated rings. The summed E-state index contributed by atoms with van der Waals surface area (Å²) in [6.07, 6.45) is 0. The Bertz CT molecular complexity index is 2630. The number of anilines is 3. The third-order valence-electron chi connectivity index (χ3n) is 9.20. The van der Waals surface area contributed by atoms with Gasteiger partial charge in [-0.25, -0.2) is 4.98 Å². The van der Waals surface area contributed by atoms with Gasteiger partial charge in [0.25, 0.3) is 0 Å². The molecule has 0 aliphatic heterocycles. The molecule has 0 saturated carbocycles. The summed E-state index contributed by atoms with van der Waals surface area (Å²) >= 11 is 3.65. The van der Waals surface area contributed by atoms with Crippen LogP contribution in [0.15, 0.2) is 158 Å². The molecule has 0 atom stereocenters. The van der Waals surface area contributed by atoms with Gasteiger partial charge in [0, 0.05) is 53.9 Å². The number of nitrogens with zero attached hydrogens (tertiary/aromatic N) is 2. The Morgan fingerprint density at radius 3 is 2.04 bits per heavy atom. The molecule has 220 valence electrons. The molecule has 0 radical (unpaired) electrons. The molecule has 47 heavy (non-hydrogen) atoms. The minimum Gasteiger partial charge on any atom is -0.310 e. The van der Waals surface area contributed by atoms with Crippen molar-refractivity contribution < 1.29 is 0 Å². The quantitative estimate of drug-likeness (QED) is 0.187. The van der Waals surface area contributed by atoms with Crippen molar-refractivity contribution in [1.82, 2.24) is 4.98 Å². The number of aromatic nitrogens is 1. The fourth-order valence-corrected chi connectivity index (χ4v) is 9.26. The third-order valence-corrected chi connectivity index (χ3v) is 11.5. The lowest BCUT2D eigenvalue weighted by Crippen LogP contribution is -2.10. The van der Waals surface area contributed by atoms with Crippen LogP contribution in [-0.4, -0.2) is 4.98 Å². The molecular formula is C43H26N2S2. The highest BCUT2D eigenvalue weighted by atomic mass is 32.1. The minimum atomic E-state index is 1.06. The molecule has 0 spiro atoms. The zero-order chi connectivity index (χ0) is 30.9. The highest BCUT2D eigenvalue weighted by Crippen LogP contribution is 2.53. The Hall–Kier alpha value is -5.55. The first-order chi connectivity index (χ1) is 23.3. The Kier molecular flexibility index (Phi) is 5.95. The average Bonchev–Trinajstić information content (AvgIpc) is 3.82. The summed E-state index contributed by atoms with van der Waals surface area (Å²) in [5.41, 5.74) is 10.5. The molecule has 9 aromatic rings. The summed E-state index contributed by atoms with van der Waals surface area (Å²) in [7, 11) is 0. The number of thiazole rings is 1. The van der Waals surface area contributed by atoms with Crippen molar-refractivity contribution in [1.29, 1.82) is 0 Å². The van der Waals surface area contributed by atoms with Crippen LogP contribution >= 0.6 is 22.7 Å². The van der Waals surface area contributed by atoms with Crippen LogP contribution in [0.25, 0.3) is 74.3 Å². The molecule has 7 aromatic carbocycles.